The number of rotatable bonds is 6. The molecule has 0 bridgehead atoms. The first-order valence-electron chi connectivity index (χ1n) is 7.15. The highest BCUT2D eigenvalue weighted by atomic mass is 32.2. The first kappa shape index (κ1) is 16.0. The van der Waals surface area contributed by atoms with Gasteiger partial charge in [0.05, 0.1) is 6.54 Å². The van der Waals surface area contributed by atoms with Crippen molar-refractivity contribution in [1.82, 2.24) is 4.90 Å². The molecule has 1 aliphatic carbocycles. The number of nitrogens with one attached hydrogen (secondary N) is 1. The van der Waals surface area contributed by atoms with Crippen molar-refractivity contribution in [2.75, 3.05) is 17.9 Å². The van der Waals surface area contributed by atoms with Crippen molar-refractivity contribution in [1.29, 1.82) is 0 Å². The molecule has 126 valence electrons. The number of alkyl halides is 2. The number of ether oxygens (including phenoxy) is 1. The summed E-state index contributed by atoms with van der Waals surface area (Å²) >= 11 is 0. The van der Waals surface area contributed by atoms with Crippen LogP contribution in [-0.2, 0) is 21.3 Å². The minimum absolute atomic E-state index is 0.0326. The minimum Gasteiger partial charge on any atom is -0.448 e. The van der Waals surface area contributed by atoms with E-state index in [0.29, 0.717) is 19.7 Å². The van der Waals surface area contributed by atoms with Gasteiger partial charge < -0.3 is 9.64 Å². The fourth-order valence-corrected chi connectivity index (χ4v) is 3.98. The number of amides is 1. The highest BCUT2D eigenvalue weighted by Crippen LogP contribution is 2.48. The minimum atomic E-state index is -4.13. The van der Waals surface area contributed by atoms with Crippen molar-refractivity contribution in [3.05, 3.63) is 29.8 Å². The van der Waals surface area contributed by atoms with E-state index in [-0.39, 0.29) is 24.6 Å². The van der Waals surface area contributed by atoms with Crippen LogP contribution in [0.15, 0.2) is 24.3 Å². The molecule has 1 aliphatic heterocycles. The molecule has 1 aromatic rings. The summed E-state index contributed by atoms with van der Waals surface area (Å²) in [6, 6.07) is 6.28. The van der Waals surface area contributed by atoms with Crippen LogP contribution in [0.3, 0.4) is 0 Å². The Morgan fingerprint density at radius 1 is 1.26 bits per heavy atom. The number of sulfonamides is 1. The summed E-state index contributed by atoms with van der Waals surface area (Å²) in [6.07, 6.45) is -3.35. The maximum Gasteiger partial charge on any atom is 0.410 e. The Balaban J connectivity index is 1.67. The third kappa shape index (κ3) is 2.97. The molecular formula is C14H16F2N2O4S. The smallest absolute Gasteiger partial charge is 0.410 e. The molecule has 1 saturated heterocycles. The molecule has 1 heterocycles. The molecule has 1 aromatic carbocycles. The number of benzene rings is 1. The van der Waals surface area contributed by atoms with Crippen LogP contribution in [0.4, 0.5) is 19.3 Å². The van der Waals surface area contributed by atoms with Gasteiger partial charge in [-0.25, -0.2) is 22.0 Å². The monoisotopic (exact) mass is 346 g/mol. The van der Waals surface area contributed by atoms with E-state index in [2.05, 4.69) is 4.72 Å². The van der Waals surface area contributed by atoms with Gasteiger partial charge in [-0.1, -0.05) is 12.1 Å². The average molecular weight is 346 g/mol. The predicted octanol–water partition coefficient (Wildman–Crippen LogP) is 2.18. The van der Waals surface area contributed by atoms with Crippen molar-refractivity contribution in [3.63, 3.8) is 0 Å². The maximum absolute atomic E-state index is 12.9. The number of nitrogens with zero attached hydrogens (tertiary/aromatic N) is 1. The number of carbonyl (C=O) groups is 1. The van der Waals surface area contributed by atoms with Crippen molar-refractivity contribution >= 4 is 21.8 Å². The Bertz CT molecular complexity index is 702. The van der Waals surface area contributed by atoms with Gasteiger partial charge in [0.15, 0.2) is 4.75 Å². The highest BCUT2D eigenvalue weighted by Gasteiger charge is 2.62. The molecule has 1 saturated carbocycles. The number of hydrogen-bond acceptors (Lipinski definition) is 4. The number of halogens is 2. The van der Waals surface area contributed by atoms with E-state index in [9.17, 15) is 22.0 Å². The second-order valence-electron chi connectivity index (χ2n) is 5.70. The van der Waals surface area contributed by atoms with Gasteiger partial charge in [-0.2, -0.15) is 0 Å². The van der Waals surface area contributed by atoms with E-state index in [1.54, 1.807) is 12.1 Å². The van der Waals surface area contributed by atoms with E-state index in [1.165, 1.54) is 17.0 Å². The fraction of sp³-hybridized carbons (Fsp3) is 0.500. The van der Waals surface area contributed by atoms with E-state index in [0.717, 1.165) is 5.56 Å². The second kappa shape index (κ2) is 5.63. The van der Waals surface area contributed by atoms with Crippen molar-refractivity contribution < 1.29 is 26.7 Å². The van der Waals surface area contributed by atoms with Crippen LogP contribution < -0.4 is 4.72 Å². The molecule has 2 aliphatic rings. The Kier molecular flexibility index (Phi) is 3.91. The molecule has 0 unspecified atom stereocenters. The van der Waals surface area contributed by atoms with Gasteiger partial charge in [-0.3, -0.25) is 4.72 Å². The molecule has 0 atom stereocenters. The van der Waals surface area contributed by atoms with Gasteiger partial charge in [0.2, 0.25) is 10.0 Å². The largest absolute Gasteiger partial charge is 0.448 e. The zero-order valence-corrected chi connectivity index (χ0v) is 13.0. The molecule has 9 heteroatoms. The summed E-state index contributed by atoms with van der Waals surface area (Å²) in [4.78, 5) is 12.9. The van der Waals surface area contributed by atoms with Gasteiger partial charge in [0, 0.05) is 12.2 Å². The van der Waals surface area contributed by atoms with Crippen molar-refractivity contribution in [2.45, 2.75) is 30.6 Å². The first-order valence-corrected chi connectivity index (χ1v) is 8.63. The van der Waals surface area contributed by atoms with Gasteiger partial charge in [0.25, 0.3) is 6.43 Å². The van der Waals surface area contributed by atoms with Gasteiger partial charge in [-0.15, -0.1) is 0 Å². The molecule has 3 rings (SSSR count). The lowest BCUT2D eigenvalue weighted by molar-refractivity contribution is 0.133. The molecule has 6 nitrogen and oxygen atoms in total. The van der Waals surface area contributed by atoms with Gasteiger partial charge in [0.1, 0.15) is 6.61 Å². The molecule has 23 heavy (non-hydrogen) atoms. The zero-order chi connectivity index (χ0) is 16.7. The number of hydrogen-bond donors (Lipinski definition) is 1. The summed E-state index contributed by atoms with van der Waals surface area (Å²) in [7, 11) is -4.13. The maximum atomic E-state index is 12.9. The van der Waals surface area contributed by atoms with Gasteiger partial charge in [-0.05, 0) is 30.5 Å². The van der Waals surface area contributed by atoms with Crippen molar-refractivity contribution in [2.24, 2.45) is 0 Å². The van der Waals surface area contributed by atoms with Crippen molar-refractivity contribution in [3.8, 4) is 0 Å². The summed E-state index contributed by atoms with van der Waals surface area (Å²) in [5.41, 5.74) is 1.02. The van der Waals surface area contributed by atoms with E-state index >= 15 is 0 Å². The Labute approximate surface area is 132 Å². The summed E-state index contributed by atoms with van der Waals surface area (Å²) in [5, 5.41) is 0. The second-order valence-corrected chi connectivity index (χ2v) is 7.73. The molecule has 1 amide bonds. The van der Waals surface area contributed by atoms with Crippen LogP contribution in [0.25, 0.3) is 0 Å². The summed E-state index contributed by atoms with van der Waals surface area (Å²) in [5.74, 6) is 0. The number of cyclic esters (lactones) is 1. The molecule has 0 radical (unpaired) electrons. The zero-order valence-electron chi connectivity index (χ0n) is 12.2. The third-order valence-electron chi connectivity index (χ3n) is 4.10. The first-order chi connectivity index (χ1) is 10.8. The van der Waals surface area contributed by atoms with Crippen LogP contribution in [-0.4, -0.2) is 43.7 Å². The quantitative estimate of drug-likeness (QED) is 0.857. The topological polar surface area (TPSA) is 75.7 Å². The fourth-order valence-electron chi connectivity index (χ4n) is 2.45. The standard InChI is InChI=1S/C14H16F2N2O4S/c15-12(16)14(5-6-14)23(20,21)17-11-3-1-10(2-4-11)9-18-7-8-22-13(18)19/h1-4,12,17H,5-9H2. The van der Waals surface area contributed by atoms with Crippen LogP contribution in [0, 0.1) is 0 Å². The van der Waals surface area contributed by atoms with E-state index < -0.39 is 21.2 Å². The van der Waals surface area contributed by atoms with E-state index in [4.69, 9.17) is 4.74 Å². The van der Waals surface area contributed by atoms with Crippen LogP contribution in [0.2, 0.25) is 0 Å². The molecule has 2 fully saturated rings. The number of anilines is 1. The Morgan fingerprint density at radius 3 is 2.39 bits per heavy atom. The molecule has 0 spiro atoms. The lowest BCUT2D eigenvalue weighted by Gasteiger charge is -2.17. The molecular weight excluding hydrogens is 330 g/mol. The SMILES string of the molecule is O=C1OCCN1Cc1ccc(NS(=O)(=O)C2(C(F)F)CC2)cc1. The average Bonchev–Trinajstić information content (AvgIpc) is 3.23. The highest BCUT2D eigenvalue weighted by molar-refractivity contribution is 7.94. The normalized spacial score (nSPS) is 19.8. The Hall–Kier alpha value is -1.90. The third-order valence-corrected chi connectivity index (χ3v) is 6.26. The van der Waals surface area contributed by atoms with E-state index in [1.807, 2.05) is 0 Å². The molecule has 1 N–H and O–H groups in total. The van der Waals surface area contributed by atoms with Crippen LogP contribution in [0.5, 0.6) is 0 Å². The molecule has 0 aromatic heterocycles. The lowest BCUT2D eigenvalue weighted by atomic mass is 10.2. The Morgan fingerprint density at radius 2 is 1.91 bits per heavy atom. The van der Waals surface area contributed by atoms with Gasteiger partial charge >= 0.3 is 6.09 Å². The summed E-state index contributed by atoms with van der Waals surface area (Å²) in [6.45, 7) is 1.21. The lowest BCUT2D eigenvalue weighted by Crippen LogP contribution is -2.35. The summed E-state index contributed by atoms with van der Waals surface area (Å²) < 4.78 is 55.1. The van der Waals surface area contributed by atoms with Crippen LogP contribution >= 0.6 is 0 Å². The number of carbonyl (C=O) groups excluding carboxylic acids is 1. The van der Waals surface area contributed by atoms with Crippen LogP contribution in [0.1, 0.15) is 18.4 Å². The predicted molar refractivity (Wildman–Crippen MR) is 78.7 cm³/mol.